The fourth-order valence-corrected chi connectivity index (χ4v) is 4.32. The fourth-order valence-electron chi connectivity index (χ4n) is 4.32. The van der Waals surface area contributed by atoms with Gasteiger partial charge in [0.2, 0.25) is 5.91 Å². The minimum atomic E-state index is 0.180. The lowest BCUT2D eigenvalue weighted by Gasteiger charge is -2.25. The molecular formula is C22H33N3O. The summed E-state index contributed by atoms with van der Waals surface area (Å²) < 4.78 is 2.17. The van der Waals surface area contributed by atoms with Crippen molar-refractivity contribution in [3.05, 3.63) is 36.0 Å². The van der Waals surface area contributed by atoms with Crippen LogP contribution in [0.2, 0.25) is 0 Å². The molecule has 1 aliphatic rings. The number of carbonyl (C=O) groups excluding carboxylic acids is 1. The van der Waals surface area contributed by atoms with Gasteiger partial charge >= 0.3 is 0 Å². The van der Waals surface area contributed by atoms with Crippen molar-refractivity contribution in [3.8, 4) is 0 Å². The number of fused-ring (bicyclic) bond motifs is 1. The lowest BCUT2D eigenvalue weighted by molar-refractivity contribution is -0.121. The maximum Gasteiger partial charge on any atom is 0.220 e. The van der Waals surface area contributed by atoms with Crippen LogP contribution < -0.4 is 5.32 Å². The van der Waals surface area contributed by atoms with Gasteiger partial charge in [-0.1, -0.05) is 50.3 Å². The van der Waals surface area contributed by atoms with Gasteiger partial charge in [0, 0.05) is 37.1 Å². The molecule has 1 unspecified atom stereocenters. The number of hydrogen-bond acceptors (Lipinski definition) is 2. The van der Waals surface area contributed by atoms with E-state index in [9.17, 15) is 4.79 Å². The molecule has 1 saturated carbocycles. The van der Waals surface area contributed by atoms with Crippen LogP contribution in [0.5, 0.6) is 0 Å². The normalized spacial score (nSPS) is 16.9. The Kier molecular flexibility index (Phi) is 6.36. The van der Waals surface area contributed by atoms with Gasteiger partial charge in [0.05, 0.1) is 6.04 Å². The van der Waals surface area contributed by atoms with Gasteiger partial charge in [-0.25, -0.2) is 0 Å². The molecule has 26 heavy (non-hydrogen) atoms. The molecule has 1 fully saturated rings. The molecule has 1 amide bonds. The van der Waals surface area contributed by atoms with Gasteiger partial charge in [-0.2, -0.15) is 0 Å². The summed E-state index contributed by atoms with van der Waals surface area (Å²) in [7, 11) is 6.25. The molecule has 1 N–H and O–H groups in total. The van der Waals surface area contributed by atoms with Crippen molar-refractivity contribution < 1.29 is 4.79 Å². The third-order valence-electron chi connectivity index (χ3n) is 5.91. The summed E-state index contributed by atoms with van der Waals surface area (Å²) >= 11 is 0. The molecule has 1 aromatic carbocycles. The number of aromatic nitrogens is 1. The molecule has 142 valence electrons. The lowest BCUT2D eigenvalue weighted by Crippen LogP contribution is -2.34. The van der Waals surface area contributed by atoms with Crippen molar-refractivity contribution >= 4 is 16.8 Å². The first-order valence-corrected chi connectivity index (χ1v) is 10.0. The second kappa shape index (κ2) is 8.72. The largest absolute Gasteiger partial charge is 0.354 e. The number of rotatable bonds is 7. The number of amides is 1. The first kappa shape index (κ1) is 19.0. The topological polar surface area (TPSA) is 37.3 Å². The number of hydrogen-bond donors (Lipinski definition) is 1. The van der Waals surface area contributed by atoms with Gasteiger partial charge in [-0.15, -0.1) is 0 Å². The molecular weight excluding hydrogens is 322 g/mol. The molecule has 1 aromatic heterocycles. The van der Waals surface area contributed by atoms with E-state index in [4.69, 9.17) is 0 Å². The van der Waals surface area contributed by atoms with Gasteiger partial charge in [0.15, 0.2) is 0 Å². The summed E-state index contributed by atoms with van der Waals surface area (Å²) in [6.45, 7) is 0.657. The zero-order valence-corrected chi connectivity index (χ0v) is 16.5. The molecule has 4 nitrogen and oxygen atoms in total. The van der Waals surface area contributed by atoms with Crippen LogP contribution in [0.1, 0.15) is 56.6 Å². The van der Waals surface area contributed by atoms with Crippen molar-refractivity contribution in [2.24, 2.45) is 13.0 Å². The maximum absolute atomic E-state index is 12.4. The molecule has 0 bridgehead atoms. The average molecular weight is 356 g/mol. The molecule has 0 aliphatic heterocycles. The highest BCUT2D eigenvalue weighted by atomic mass is 16.1. The minimum absolute atomic E-state index is 0.180. The molecule has 2 aromatic rings. The van der Waals surface area contributed by atoms with Crippen molar-refractivity contribution in [3.63, 3.8) is 0 Å². The van der Waals surface area contributed by atoms with Crippen molar-refractivity contribution in [1.82, 2.24) is 14.8 Å². The van der Waals surface area contributed by atoms with E-state index in [1.165, 1.54) is 48.6 Å². The van der Waals surface area contributed by atoms with Crippen LogP contribution in [0.25, 0.3) is 10.9 Å². The smallest absolute Gasteiger partial charge is 0.220 e. The summed E-state index contributed by atoms with van der Waals surface area (Å²) in [5.41, 5.74) is 2.51. The monoisotopic (exact) mass is 355 g/mol. The number of aryl methyl sites for hydroxylation is 1. The lowest BCUT2D eigenvalue weighted by atomic mass is 9.86. The van der Waals surface area contributed by atoms with E-state index < -0.39 is 0 Å². The van der Waals surface area contributed by atoms with E-state index in [2.05, 4.69) is 66.4 Å². The fraction of sp³-hybridized carbons (Fsp3) is 0.591. The quantitative estimate of drug-likeness (QED) is 0.806. The summed E-state index contributed by atoms with van der Waals surface area (Å²) in [5, 5.41) is 4.45. The highest BCUT2D eigenvalue weighted by molar-refractivity contribution is 5.84. The van der Waals surface area contributed by atoms with Crippen LogP contribution in [0.3, 0.4) is 0 Å². The van der Waals surface area contributed by atoms with E-state index in [0.717, 1.165) is 12.3 Å². The molecule has 0 radical (unpaired) electrons. The van der Waals surface area contributed by atoms with Crippen LogP contribution in [-0.4, -0.2) is 36.0 Å². The highest BCUT2D eigenvalue weighted by Gasteiger charge is 2.20. The van der Waals surface area contributed by atoms with E-state index in [-0.39, 0.29) is 11.9 Å². The number of likely N-dealkylation sites (N-methyl/N-ethyl adjacent to an activating group) is 1. The van der Waals surface area contributed by atoms with E-state index in [1.54, 1.807) is 0 Å². The number of nitrogens with zero attached hydrogens (tertiary/aromatic N) is 2. The van der Waals surface area contributed by atoms with Crippen molar-refractivity contribution in [2.75, 3.05) is 20.6 Å². The van der Waals surface area contributed by atoms with Crippen molar-refractivity contribution in [2.45, 2.75) is 51.0 Å². The van der Waals surface area contributed by atoms with Gasteiger partial charge in [-0.05, 0) is 38.1 Å². The molecule has 0 spiro atoms. The number of carbonyl (C=O) groups is 1. The number of para-hydroxylation sites is 1. The Morgan fingerprint density at radius 3 is 2.69 bits per heavy atom. The third kappa shape index (κ3) is 4.47. The first-order valence-electron chi connectivity index (χ1n) is 10.0. The van der Waals surface area contributed by atoms with Crippen LogP contribution in [0.4, 0.5) is 0 Å². The van der Waals surface area contributed by atoms with Crippen LogP contribution >= 0.6 is 0 Å². The van der Waals surface area contributed by atoms with Crippen LogP contribution in [-0.2, 0) is 11.8 Å². The number of nitrogens with one attached hydrogen (secondary N) is 1. The predicted molar refractivity (Wildman–Crippen MR) is 108 cm³/mol. The second-order valence-electron chi connectivity index (χ2n) is 8.04. The van der Waals surface area contributed by atoms with Gasteiger partial charge < -0.3 is 14.8 Å². The van der Waals surface area contributed by atoms with E-state index in [1.807, 2.05) is 0 Å². The molecule has 3 rings (SSSR count). The molecule has 1 heterocycles. The molecule has 1 atom stereocenters. The predicted octanol–water partition coefficient (Wildman–Crippen LogP) is 4.26. The van der Waals surface area contributed by atoms with Gasteiger partial charge in [-0.3, -0.25) is 4.79 Å². The maximum atomic E-state index is 12.4. The Morgan fingerprint density at radius 1 is 1.23 bits per heavy atom. The van der Waals surface area contributed by atoms with Gasteiger partial charge in [0.25, 0.3) is 0 Å². The summed E-state index contributed by atoms with van der Waals surface area (Å²) in [4.78, 5) is 14.6. The molecule has 0 saturated heterocycles. The Balaban J connectivity index is 1.60. The van der Waals surface area contributed by atoms with Crippen LogP contribution in [0.15, 0.2) is 30.5 Å². The van der Waals surface area contributed by atoms with E-state index in [0.29, 0.717) is 13.0 Å². The summed E-state index contributed by atoms with van der Waals surface area (Å²) in [6, 6.07) is 8.66. The highest BCUT2D eigenvalue weighted by Crippen LogP contribution is 2.29. The summed E-state index contributed by atoms with van der Waals surface area (Å²) in [5.74, 6) is 0.958. The second-order valence-corrected chi connectivity index (χ2v) is 8.04. The van der Waals surface area contributed by atoms with Crippen molar-refractivity contribution in [1.29, 1.82) is 0 Å². The first-order chi connectivity index (χ1) is 12.6. The third-order valence-corrected chi connectivity index (χ3v) is 5.91. The van der Waals surface area contributed by atoms with E-state index >= 15 is 0 Å². The zero-order valence-electron chi connectivity index (χ0n) is 16.5. The Morgan fingerprint density at radius 2 is 1.96 bits per heavy atom. The molecule has 4 heteroatoms. The SMILES string of the molecule is CN(C)C(CNC(=O)CCC1CCCCC1)c1cn(C)c2ccccc12. The minimum Gasteiger partial charge on any atom is -0.354 e. The summed E-state index contributed by atoms with van der Waals surface area (Å²) in [6.07, 6.45) is 10.6. The molecule has 1 aliphatic carbocycles. The Labute approximate surface area is 157 Å². The number of benzene rings is 1. The standard InChI is InChI=1S/C22H33N3O/c1-24(2)21(19-16-25(3)20-12-8-7-11-18(19)20)15-23-22(26)14-13-17-9-5-4-6-10-17/h7-8,11-12,16-17,21H,4-6,9-10,13-15H2,1-3H3,(H,23,26). The Bertz CT molecular complexity index is 728. The van der Waals surface area contributed by atoms with Gasteiger partial charge in [0.1, 0.15) is 0 Å². The Hall–Kier alpha value is -1.81. The van der Waals surface area contributed by atoms with Crippen LogP contribution in [0, 0.1) is 5.92 Å². The average Bonchev–Trinajstić information content (AvgIpc) is 2.98. The zero-order chi connectivity index (χ0) is 18.5.